The van der Waals surface area contributed by atoms with Gasteiger partial charge in [0.15, 0.2) is 11.5 Å². The predicted molar refractivity (Wildman–Crippen MR) is 88.4 cm³/mol. The molecule has 24 heavy (non-hydrogen) atoms. The SMILES string of the molecule is COc1cc(OC)c(OC)cc1CNC(=O)c1cccc(C#N)c1. The molecule has 0 aliphatic carbocycles. The fourth-order valence-corrected chi connectivity index (χ4v) is 2.24. The third-order valence-corrected chi connectivity index (χ3v) is 3.48. The fraction of sp³-hybridized carbons (Fsp3) is 0.222. The number of hydrogen-bond acceptors (Lipinski definition) is 5. The van der Waals surface area contributed by atoms with Crippen molar-refractivity contribution in [1.29, 1.82) is 5.26 Å². The van der Waals surface area contributed by atoms with Gasteiger partial charge in [-0.05, 0) is 24.3 Å². The van der Waals surface area contributed by atoms with Gasteiger partial charge in [-0.2, -0.15) is 5.26 Å². The molecule has 0 radical (unpaired) electrons. The van der Waals surface area contributed by atoms with E-state index in [0.29, 0.717) is 28.4 Å². The van der Waals surface area contributed by atoms with E-state index in [0.717, 1.165) is 5.56 Å². The highest BCUT2D eigenvalue weighted by molar-refractivity contribution is 5.94. The number of ether oxygens (including phenoxy) is 3. The average Bonchev–Trinajstić information content (AvgIpc) is 2.65. The van der Waals surface area contributed by atoms with Gasteiger partial charge in [-0.25, -0.2) is 0 Å². The average molecular weight is 326 g/mol. The molecular weight excluding hydrogens is 308 g/mol. The molecule has 0 saturated heterocycles. The van der Waals surface area contributed by atoms with E-state index in [9.17, 15) is 4.79 Å². The summed E-state index contributed by atoms with van der Waals surface area (Å²) in [6, 6.07) is 12.0. The summed E-state index contributed by atoms with van der Waals surface area (Å²) in [7, 11) is 4.63. The molecule has 1 amide bonds. The topological polar surface area (TPSA) is 80.6 Å². The first-order valence-corrected chi connectivity index (χ1v) is 7.20. The van der Waals surface area contributed by atoms with E-state index in [2.05, 4.69) is 5.32 Å². The Kier molecular flexibility index (Phi) is 5.63. The first kappa shape index (κ1) is 17.2. The van der Waals surface area contributed by atoms with Crippen molar-refractivity contribution in [3.8, 4) is 23.3 Å². The molecule has 0 fully saturated rings. The van der Waals surface area contributed by atoms with Crippen LogP contribution in [-0.4, -0.2) is 27.2 Å². The minimum absolute atomic E-state index is 0.249. The van der Waals surface area contributed by atoms with E-state index >= 15 is 0 Å². The zero-order valence-corrected chi connectivity index (χ0v) is 13.8. The van der Waals surface area contributed by atoms with Gasteiger partial charge in [-0.1, -0.05) is 6.07 Å². The number of hydrogen-bond donors (Lipinski definition) is 1. The quantitative estimate of drug-likeness (QED) is 0.882. The Morgan fingerprint density at radius 2 is 1.71 bits per heavy atom. The van der Waals surface area contributed by atoms with Crippen molar-refractivity contribution < 1.29 is 19.0 Å². The zero-order valence-electron chi connectivity index (χ0n) is 13.8. The highest BCUT2D eigenvalue weighted by Crippen LogP contribution is 2.34. The summed E-state index contributed by atoms with van der Waals surface area (Å²) in [5.41, 5.74) is 1.61. The summed E-state index contributed by atoms with van der Waals surface area (Å²) >= 11 is 0. The van der Waals surface area contributed by atoms with Gasteiger partial charge in [0.25, 0.3) is 5.91 Å². The highest BCUT2D eigenvalue weighted by atomic mass is 16.5. The molecule has 0 aromatic heterocycles. The Labute approximate surface area is 140 Å². The molecule has 0 unspecified atom stereocenters. The molecule has 0 spiro atoms. The number of carbonyl (C=O) groups is 1. The molecule has 6 nitrogen and oxygen atoms in total. The van der Waals surface area contributed by atoms with E-state index < -0.39 is 0 Å². The maximum atomic E-state index is 12.2. The summed E-state index contributed by atoms with van der Waals surface area (Å²) in [5, 5.41) is 11.7. The molecular formula is C18H18N2O4. The molecule has 1 N–H and O–H groups in total. The highest BCUT2D eigenvalue weighted by Gasteiger charge is 2.13. The van der Waals surface area contributed by atoms with Crippen molar-refractivity contribution >= 4 is 5.91 Å². The number of benzene rings is 2. The van der Waals surface area contributed by atoms with Crippen molar-refractivity contribution in [2.45, 2.75) is 6.54 Å². The molecule has 2 rings (SSSR count). The number of carbonyl (C=O) groups excluding carboxylic acids is 1. The van der Waals surface area contributed by atoms with Crippen LogP contribution in [0, 0.1) is 11.3 Å². The van der Waals surface area contributed by atoms with Crippen LogP contribution in [0.1, 0.15) is 21.5 Å². The van der Waals surface area contributed by atoms with Gasteiger partial charge in [-0.3, -0.25) is 4.79 Å². The van der Waals surface area contributed by atoms with Crippen molar-refractivity contribution in [2.75, 3.05) is 21.3 Å². The molecule has 2 aromatic carbocycles. The Morgan fingerprint density at radius 3 is 2.33 bits per heavy atom. The van der Waals surface area contributed by atoms with Crippen LogP contribution in [0.25, 0.3) is 0 Å². The Hall–Kier alpha value is -3.20. The van der Waals surface area contributed by atoms with Crippen LogP contribution in [0.3, 0.4) is 0 Å². The molecule has 0 bridgehead atoms. The molecule has 124 valence electrons. The van der Waals surface area contributed by atoms with Gasteiger partial charge in [0, 0.05) is 23.7 Å². The van der Waals surface area contributed by atoms with Crippen molar-refractivity contribution in [3.05, 3.63) is 53.1 Å². The van der Waals surface area contributed by atoms with Crippen LogP contribution in [0.2, 0.25) is 0 Å². The van der Waals surface area contributed by atoms with Crippen LogP contribution in [-0.2, 0) is 6.54 Å². The number of methoxy groups -OCH3 is 3. The standard InChI is InChI=1S/C18H18N2O4/c1-22-15-9-17(24-3)16(23-2)8-14(15)11-20-18(21)13-6-4-5-12(7-13)10-19/h4-9H,11H2,1-3H3,(H,20,21). The van der Waals surface area contributed by atoms with Crippen LogP contribution < -0.4 is 19.5 Å². The van der Waals surface area contributed by atoms with E-state index in [1.807, 2.05) is 6.07 Å². The summed E-state index contributed by atoms with van der Waals surface area (Å²) in [5.74, 6) is 1.41. The minimum Gasteiger partial charge on any atom is -0.496 e. The van der Waals surface area contributed by atoms with Crippen LogP contribution in [0.5, 0.6) is 17.2 Å². The monoisotopic (exact) mass is 326 g/mol. The molecule has 0 aliphatic heterocycles. The predicted octanol–water partition coefficient (Wildman–Crippen LogP) is 2.51. The molecule has 0 aliphatic rings. The van der Waals surface area contributed by atoms with Gasteiger partial charge in [-0.15, -0.1) is 0 Å². The third kappa shape index (κ3) is 3.76. The maximum Gasteiger partial charge on any atom is 0.251 e. The van der Waals surface area contributed by atoms with E-state index in [1.165, 1.54) is 0 Å². The Bertz CT molecular complexity index is 781. The number of rotatable bonds is 6. The van der Waals surface area contributed by atoms with Gasteiger partial charge in [0.05, 0.1) is 33.0 Å². The summed E-state index contributed by atoms with van der Waals surface area (Å²) < 4.78 is 15.8. The third-order valence-electron chi connectivity index (χ3n) is 3.48. The fourth-order valence-electron chi connectivity index (χ4n) is 2.24. The minimum atomic E-state index is -0.274. The first-order valence-electron chi connectivity index (χ1n) is 7.20. The molecule has 0 atom stereocenters. The van der Waals surface area contributed by atoms with Crippen LogP contribution in [0.15, 0.2) is 36.4 Å². The van der Waals surface area contributed by atoms with E-state index in [-0.39, 0.29) is 12.5 Å². The lowest BCUT2D eigenvalue weighted by Crippen LogP contribution is -2.23. The normalized spacial score (nSPS) is 9.75. The molecule has 0 heterocycles. The maximum absolute atomic E-state index is 12.2. The Morgan fingerprint density at radius 1 is 1.04 bits per heavy atom. The van der Waals surface area contributed by atoms with Crippen molar-refractivity contribution in [2.24, 2.45) is 0 Å². The van der Waals surface area contributed by atoms with Crippen molar-refractivity contribution in [3.63, 3.8) is 0 Å². The van der Waals surface area contributed by atoms with Crippen LogP contribution >= 0.6 is 0 Å². The lowest BCUT2D eigenvalue weighted by Gasteiger charge is -2.14. The number of nitriles is 1. The molecule has 2 aromatic rings. The van der Waals surface area contributed by atoms with Gasteiger partial charge >= 0.3 is 0 Å². The Balaban J connectivity index is 2.18. The zero-order chi connectivity index (χ0) is 17.5. The van der Waals surface area contributed by atoms with Crippen LogP contribution in [0.4, 0.5) is 0 Å². The van der Waals surface area contributed by atoms with Gasteiger partial charge < -0.3 is 19.5 Å². The molecule has 6 heteroatoms. The second-order valence-corrected chi connectivity index (χ2v) is 4.89. The summed E-state index contributed by atoms with van der Waals surface area (Å²) in [6.45, 7) is 0.249. The number of nitrogens with zero attached hydrogens (tertiary/aromatic N) is 1. The lowest BCUT2D eigenvalue weighted by molar-refractivity contribution is 0.0950. The largest absolute Gasteiger partial charge is 0.496 e. The van der Waals surface area contributed by atoms with E-state index in [4.69, 9.17) is 19.5 Å². The van der Waals surface area contributed by atoms with Gasteiger partial charge in [0.2, 0.25) is 0 Å². The lowest BCUT2D eigenvalue weighted by atomic mass is 10.1. The second-order valence-electron chi connectivity index (χ2n) is 4.89. The van der Waals surface area contributed by atoms with E-state index in [1.54, 1.807) is 57.7 Å². The first-order chi connectivity index (χ1) is 11.6. The summed E-state index contributed by atoms with van der Waals surface area (Å²) in [4.78, 5) is 12.2. The second kappa shape index (κ2) is 7.88. The summed E-state index contributed by atoms with van der Waals surface area (Å²) in [6.07, 6.45) is 0. The van der Waals surface area contributed by atoms with Crippen molar-refractivity contribution in [1.82, 2.24) is 5.32 Å². The van der Waals surface area contributed by atoms with Gasteiger partial charge in [0.1, 0.15) is 5.75 Å². The number of amides is 1. The molecule has 0 saturated carbocycles. The number of nitrogens with one attached hydrogen (secondary N) is 1. The smallest absolute Gasteiger partial charge is 0.251 e.